The van der Waals surface area contributed by atoms with Gasteiger partial charge in [0.15, 0.2) is 0 Å². The second kappa shape index (κ2) is 3.58. The standard InChI is InChI=1S/C4H5ClO4S/c1-9-4(6)2-3-10(5,7)8/h2-3H,1H3/b3-2+. The average Bonchev–Trinajstić information content (AvgIpc) is 1.81. The molecule has 0 rings (SSSR count). The van der Waals surface area contributed by atoms with Crippen LogP contribution in [-0.2, 0) is 18.6 Å². The monoisotopic (exact) mass is 184 g/mol. The summed E-state index contributed by atoms with van der Waals surface area (Å²) in [5, 5.41) is 0.556. The van der Waals surface area contributed by atoms with E-state index in [4.69, 9.17) is 10.7 Å². The van der Waals surface area contributed by atoms with Gasteiger partial charge in [-0.15, -0.1) is 0 Å². The van der Waals surface area contributed by atoms with Crippen molar-refractivity contribution in [2.75, 3.05) is 7.11 Å². The van der Waals surface area contributed by atoms with Crippen molar-refractivity contribution >= 4 is 25.7 Å². The normalized spacial score (nSPS) is 11.8. The fraction of sp³-hybridized carbons (Fsp3) is 0.250. The van der Waals surface area contributed by atoms with Crippen molar-refractivity contribution < 1.29 is 17.9 Å². The molecular formula is C4H5ClO4S. The van der Waals surface area contributed by atoms with Crippen LogP contribution in [0.3, 0.4) is 0 Å². The van der Waals surface area contributed by atoms with Crippen LogP contribution in [0.2, 0.25) is 0 Å². The smallest absolute Gasteiger partial charge is 0.331 e. The highest BCUT2D eigenvalue weighted by atomic mass is 35.7. The van der Waals surface area contributed by atoms with Crippen molar-refractivity contribution in [3.8, 4) is 0 Å². The molecule has 0 unspecified atom stereocenters. The minimum Gasteiger partial charge on any atom is -0.466 e. The fourth-order valence-electron chi connectivity index (χ4n) is 0.205. The molecule has 4 nitrogen and oxygen atoms in total. The van der Waals surface area contributed by atoms with E-state index in [1.807, 2.05) is 0 Å². The highest BCUT2D eigenvalue weighted by Gasteiger charge is 1.98. The molecule has 0 aliphatic heterocycles. The number of hydrogen-bond acceptors (Lipinski definition) is 4. The van der Waals surface area contributed by atoms with Gasteiger partial charge in [0.05, 0.1) is 12.5 Å². The summed E-state index contributed by atoms with van der Waals surface area (Å²) in [6, 6.07) is 0. The van der Waals surface area contributed by atoms with Gasteiger partial charge < -0.3 is 4.74 Å². The van der Waals surface area contributed by atoms with Gasteiger partial charge in [0.2, 0.25) is 0 Å². The molecule has 0 aromatic rings. The van der Waals surface area contributed by atoms with E-state index >= 15 is 0 Å². The largest absolute Gasteiger partial charge is 0.466 e. The van der Waals surface area contributed by atoms with E-state index in [1.54, 1.807) is 0 Å². The molecule has 0 bridgehead atoms. The zero-order chi connectivity index (χ0) is 8.20. The topological polar surface area (TPSA) is 60.4 Å². The molecule has 0 aromatic heterocycles. The van der Waals surface area contributed by atoms with Crippen molar-refractivity contribution in [3.05, 3.63) is 11.5 Å². The predicted octanol–water partition coefficient (Wildman–Crippen LogP) is 0.242. The van der Waals surface area contributed by atoms with Crippen LogP contribution in [0.1, 0.15) is 0 Å². The van der Waals surface area contributed by atoms with E-state index in [0.29, 0.717) is 5.41 Å². The SMILES string of the molecule is COC(=O)/C=C/S(=O)(=O)Cl. The lowest BCUT2D eigenvalue weighted by molar-refractivity contribution is -0.134. The summed E-state index contributed by atoms with van der Waals surface area (Å²) < 4.78 is 24.3. The molecule has 58 valence electrons. The van der Waals surface area contributed by atoms with Crippen LogP contribution < -0.4 is 0 Å². The molecular weight excluding hydrogens is 180 g/mol. The van der Waals surface area contributed by atoms with Gasteiger partial charge in [-0.3, -0.25) is 0 Å². The molecule has 0 saturated carbocycles. The first-order valence-electron chi connectivity index (χ1n) is 2.16. The zero-order valence-electron chi connectivity index (χ0n) is 5.07. The lowest BCUT2D eigenvalue weighted by atomic mass is 10.7. The second-order valence-electron chi connectivity index (χ2n) is 1.30. The third-order valence-electron chi connectivity index (χ3n) is 0.568. The molecule has 0 spiro atoms. The minimum absolute atomic E-state index is 0.556. The molecule has 0 saturated heterocycles. The van der Waals surface area contributed by atoms with Crippen molar-refractivity contribution in [2.45, 2.75) is 0 Å². The molecule has 0 aliphatic rings. The van der Waals surface area contributed by atoms with Gasteiger partial charge in [-0.05, 0) is 0 Å². The first-order valence-corrected chi connectivity index (χ1v) is 4.53. The first-order chi connectivity index (χ1) is 4.45. The molecule has 0 amide bonds. The molecule has 0 N–H and O–H groups in total. The van der Waals surface area contributed by atoms with Crippen molar-refractivity contribution in [1.29, 1.82) is 0 Å². The Bertz CT molecular complexity index is 240. The highest BCUT2D eigenvalue weighted by Crippen LogP contribution is 1.97. The Morgan fingerprint density at radius 2 is 2.10 bits per heavy atom. The maximum Gasteiger partial charge on any atom is 0.331 e. The van der Waals surface area contributed by atoms with E-state index in [2.05, 4.69) is 4.74 Å². The Morgan fingerprint density at radius 3 is 2.40 bits per heavy atom. The summed E-state index contributed by atoms with van der Waals surface area (Å²) >= 11 is 0. The summed E-state index contributed by atoms with van der Waals surface area (Å²) in [4.78, 5) is 10.2. The molecule has 0 heterocycles. The van der Waals surface area contributed by atoms with Crippen LogP contribution in [0.15, 0.2) is 11.5 Å². The Balaban J connectivity index is 4.15. The van der Waals surface area contributed by atoms with Crippen molar-refractivity contribution in [1.82, 2.24) is 0 Å². The van der Waals surface area contributed by atoms with Gasteiger partial charge in [-0.2, -0.15) is 0 Å². The van der Waals surface area contributed by atoms with Crippen LogP contribution in [0, 0.1) is 0 Å². The van der Waals surface area contributed by atoms with E-state index < -0.39 is 15.0 Å². The van der Waals surface area contributed by atoms with Gasteiger partial charge in [-0.25, -0.2) is 13.2 Å². The maximum atomic E-state index is 10.2. The number of carbonyl (C=O) groups is 1. The van der Waals surface area contributed by atoms with Gasteiger partial charge in [0.25, 0.3) is 9.05 Å². The molecule has 0 fully saturated rings. The lowest BCUT2D eigenvalue weighted by Gasteiger charge is -1.86. The summed E-state index contributed by atoms with van der Waals surface area (Å²) in [6.45, 7) is 0. The predicted molar refractivity (Wildman–Crippen MR) is 35.9 cm³/mol. The van der Waals surface area contributed by atoms with Crippen LogP contribution >= 0.6 is 10.7 Å². The molecule has 0 radical (unpaired) electrons. The zero-order valence-corrected chi connectivity index (χ0v) is 6.65. The summed E-state index contributed by atoms with van der Waals surface area (Å²) in [5.74, 6) is -0.760. The van der Waals surface area contributed by atoms with E-state index in [0.717, 1.165) is 13.2 Å². The summed E-state index contributed by atoms with van der Waals surface area (Å²) in [5.41, 5.74) is 0. The fourth-order valence-corrected chi connectivity index (χ4v) is 0.633. The third kappa shape index (κ3) is 5.58. The third-order valence-corrected chi connectivity index (χ3v) is 1.34. The number of hydrogen-bond donors (Lipinski definition) is 0. The Hall–Kier alpha value is -0.550. The van der Waals surface area contributed by atoms with Gasteiger partial charge in [-0.1, -0.05) is 0 Å². The average molecular weight is 185 g/mol. The molecule has 0 atom stereocenters. The van der Waals surface area contributed by atoms with Gasteiger partial charge in [0, 0.05) is 16.8 Å². The minimum atomic E-state index is -3.74. The van der Waals surface area contributed by atoms with E-state index in [9.17, 15) is 13.2 Å². The Kier molecular flexibility index (Phi) is 3.38. The second-order valence-corrected chi connectivity index (χ2v) is 3.82. The quantitative estimate of drug-likeness (QED) is 0.351. The van der Waals surface area contributed by atoms with Crippen LogP contribution in [0.25, 0.3) is 0 Å². The molecule has 10 heavy (non-hydrogen) atoms. The number of esters is 1. The van der Waals surface area contributed by atoms with E-state index in [1.165, 1.54) is 0 Å². The summed E-state index contributed by atoms with van der Waals surface area (Å²) in [6.07, 6.45) is 0.725. The Labute approximate surface area is 62.9 Å². The maximum absolute atomic E-state index is 10.2. The van der Waals surface area contributed by atoms with Gasteiger partial charge in [0.1, 0.15) is 0 Å². The van der Waals surface area contributed by atoms with Crippen LogP contribution in [0.5, 0.6) is 0 Å². The highest BCUT2D eigenvalue weighted by molar-refractivity contribution is 8.16. The van der Waals surface area contributed by atoms with Crippen molar-refractivity contribution in [3.63, 3.8) is 0 Å². The lowest BCUT2D eigenvalue weighted by Crippen LogP contribution is -1.94. The van der Waals surface area contributed by atoms with Crippen molar-refractivity contribution in [2.24, 2.45) is 0 Å². The van der Waals surface area contributed by atoms with Crippen LogP contribution in [-0.4, -0.2) is 21.5 Å². The Morgan fingerprint density at radius 1 is 1.60 bits per heavy atom. The number of rotatable bonds is 2. The number of carbonyl (C=O) groups excluding carboxylic acids is 1. The van der Waals surface area contributed by atoms with Crippen LogP contribution in [0.4, 0.5) is 0 Å². The molecule has 0 aromatic carbocycles. The molecule has 6 heteroatoms. The van der Waals surface area contributed by atoms with E-state index in [-0.39, 0.29) is 0 Å². The summed E-state index contributed by atoms with van der Waals surface area (Å²) in [7, 11) is 2.11. The number of ether oxygens (including phenoxy) is 1. The number of methoxy groups -OCH3 is 1. The number of halogens is 1. The van der Waals surface area contributed by atoms with Gasteiger partial charge >= 0.3 is 5.97 Å². The molecule has 0 aliphatic carbocycles. The first kappa shape index (κ1) is 9.45.